The van der Waals surface area contributed by atoms with Crippen LogP contribution in [0.2, 0.25) is 0 Å². The van der Waals surface area contributed by atoms with Gasteiger partial charge in [0.05, 0.1) is 6.54 Å². The summed E-state index contributed by atoms with van der Waals surface area (Å²) in [7, 11) is 0. The van der Waals surface area contributed by atoms with Gasteiger partial charge in [0, 0.05) is 12.6 Å². The van der Waals surface area contributed by atoms with Crippen molar-refractivity contribution >= 4 is 12.0 Å². The van der Waals surface area contributed by atoms with Crippen LogP contribution in [0.15, 0.2) is 0 Å². The van der Waals surface area contributed by atoms with Crippen LogP contribution in [0.25, 0.3) is 0 Å². The number of rotatable bonds is 6. The monoisotopic (exact) mass is 273 g/mol. The molecule has 1 heterocycles. The first-order valence-corrected chi connectivity index (χ1v) is 6.54. The molecule has 0 bridgehead atoms. The summed E-state index contributed by atoms with van der Waals surface area (Å²) in [6.07, 6.45) is 2.39. The largest absolute Gasteiger partial charge is 0.479 e. The Labute approximate surface area is 113 Å². The summed E-state index contributed by atoms with van der Waals surface area (Å²) in [4.78, 5) is 24.5. The molecule has 1 rings (SSSR count). The molecule has 4 N–H and O–H groups in total. The minimum Gasteiger partial charge on any atom is -0.479 e. The van der Waals surface area contributed by atoms with Crippen molar-refractivity contribution < 1.29 is 19.8 Å². The van der Waals surface area contributed by atoms with E-state index in [0.29, 0.717) is 0 Å². The van der Waals surface area contributed by atoms with Crippen molar-refractivity contribution in [2.45, 2.75) is 38.3 Å². The Morgan fingerprint density at radius 2 is 1.95 bits per heavy atom. The summed E-state index contributed by atoms with van der Waals surface area (Å²) in [6.45, 7) is 5.60. The standard InChI is InChI=1S/C12H23N3O4/c1-9(7-15-5-3-4-6-15)14-11(18)13-8-12(2,19)10(16)17/h9,19H,3-8H2,1-2H3,(H,16,17)(H2,13,14,18). The summed E-state index contributed by atoms with van der Waals surface area (Å²) in [5.41, 5.74) is -1.95. The predicted octanol–water partition coefficient (Wildman–Crippen LogP) is -0.394. The van der Waals surface area contributed by atoms with Gasteiger partial charge in [-0.25, -0.2) is 9.59 Å². The third-order valence-electron chi connectivity index (χ3n) is 3.16. The number of nitrogens with zero attached hydrogens (tertiary/aromatic N) is 1. The number of carbonyl (C=O) groups excluding carboxylic acids is 1. The summed E-state index contributed by atoms with van der Waals surface area (Å²) in [5.74, 6) is -1.36. The van der Waals surface area contributed by atoms with Gasteiger partial charge in [-0.15, -0.1) is 0 Å². The molecule has 2 amide bonds. The molecule has 7 heteroatoms. The fraction of sp³-hybridized carbons (Fsp3) is 0.833. The van der Waals surface area contributed by atoms with Gasteiger partial charge in [-0.2, -0.15) is 0 Å². The van der Waals surface area contributed by atoms with Crippen molar-refractivity contribution in [3.8, 4) is 0 Å². The van der Waals surface area contributed by atoms with Crippen LogP contribution in [0, 0.1) is 0 Å². The number of carbonyl (C=O) groups is 2. The summed E-state index contributed by atoms with van der Waals surface area (Å²) in [6, 6.07) is -0.485. The highest BCUT2D eigenvalue weighted by Crippen LogP contribution is 2.07. The highest BCUT2D eigenvalue weighted by Gasteiger charge is 2.30. The number of nitrogens with one attached hydrogen (secondary N) is 2. The van der Waals surface area contributed by atoms with Gasteiger partial charge in [0.1, 0.15) is 0 Å². The second-order valence-electron chi connectivity index (χ2n) is 5.31. The van der Waals surface area contributed by atoms with Crippen LogP contribution in [0.4, 0.5) is 4.79 Å². The summed E-state index contributed by atoms with van der Waals surface area (Å²) >= 11 is 0. The molecule has 1 aliphatic heterocycles. The van der Waals surface area contributed by atoms with E-state index >= 15 is 0 Å². The number of amides is 2. The lowest BCUT2D eigenvalue weighted by atomic mass is 10.1. The third kappa shape index (κ3) is 5.44. The van der Waals surface area contributed by atoms with E-state index in [9.17, 15) is 14.7 Å². The topological polar surface area (TPSA) is 102 Å². The molecule has 1 aliphatic rings. The minimum atomic E-state index is -1.95. The van der Waals surface area contributed by atoms with Crippen molar-refractivity contribution in [1.29, 1.82) is 0 Å². The minimum absolute atomic E-state index is 0.0205. The zero-order valence-corrected chi connectivity index (χ0v) is 11.5. The number of urea groups is 1. The first kappa shape index (κ1) is 15.7. The van der Waals surface area contributed by atoms with Gasteiger partial charge < -0.3 is 25.7 Å². The Hall–Kier alpha value is -1.34. The van der Waals surface area contributed by atoms with Crippen LogP contribution in [-0.2, 0) is 4.79 Å². The van der Waals surface area contributed by atoms with E-state index in [4.69, 9.17) is 5.11 Å². The molecule has 2 atom stereocenters. The molecular formula is C12H23N3O4. The molecule has 0 aliphatic carbocycles. The molecule has 0 saturated carbocycles. The molecule has 110 valence electrons. The third-order valence-corrected chi connectivity index (χ3v) is 3.16. The van der Waals surface area contributed by atoms with Gasteiger partial charge in [0.15, 0.2) is 5.60 Å². The Morgan fingerprint density at radius 1 is 1.37 bits per heavy atom. The van der Waals surface area contributed by atoms with Crippen LogP contribution in [-0.4, -0.2) is 64.9 Å². The average Bonchev–Trinajstić information content (AvgIpc) is 2.78. The maximum Gasteiger partial charge on any atom is 0.337 e. The Morgan fingerprint density at radius 3 is 2.47 bits per heavy atom. The van der Waals surface area contributed by atoms with E-state index in [-0.39, 0.29) is 12.6 Å². The lowest BCUT2D eigenvalue weighted by Gasteiger charge is -2.23. The van der Waals surface area contributed by atoms with Crippen molar-refractivity contribution in [3.63, 3.8) is 0 Å². The molecule has 0 aromatic heterocycles. The second kappa shape index (κ2) is 6.72. The molecule has 0 spiro atoms. The SMILES string of the molecule is CC(CN1CCCC1)NC(=O)NCC(C)(O)C(=O)O. The van der Waals surface area contributed by atoms with Crippen LogP contribution < -0.4 is 10.6 Å². The lowest BCUT2D eigenvalue weighted by molar-refractivity contribution is -0.155. The van der Waals surface area contributed by atoms with E-state index < -0.39 is 17.6 Å². The van der Waals surface area contributed by atoms with Gasteiger partial charge >= 0.3 is 12.0 Å². The molecule has 7 nitrogen and oxygen atoms in total. The Balaban J connectivity index is 2.24. The zero-order chi connectivity index (χ0) is 14.5. The molecule has 0 aromatic carbocycles. The molecule has 19 heavy (non-hydrogen) atoms. The molecule has 1 saturated heterocycles. The van der Waals surface area contributed by atoms with E-state index in [1.807, 2.05) is 6.92 Å². The number of aliphatic hydroxyl groups is 1. The number of hydrogen-bond acceptors (Lipinski definition) is 4. The number of likely N-dealkylation sites (tertiary alicyclic amines) is 1. The predicted molar refractivity (Wildman–Crippen MR) is 69.9 cm³/mol. The normalized spacial score (nSPS) is 20.6. The first-order chi connectivity index (χ1) is 8.81. The first-order valence-electron chi connectivity index (χ1n) is 6.54. The van der Waals surface area contributed by atoms with Crippen molar-refractivity contribution in [2.75, 3.05) is 26.2 Å². The molecular weight excluding hydrogens is 250 g/mol. The van der Waals surface area contributed by atoms with Crippen LogP contribution >= 0.6 is 0 Å². The number of hydrogen-bond donors (Lipinski definition) is 4. The van der Waals surface area contributed by atoms with Crippen LogP contribution in [0.5, 0.6) is 0 Å². The highest BCUT2D eigenvalue weighted by molar-refractivity contribution is 5.79. The Kier molecular flexibility index (Phi) is 5.56. The van der Waals surface area contributed by atoms with Gasteiger partial charge in [-0.3, -0.25) is 0 Å². The fourth-order valence-corrected chi connectivity index (χ4v) is 2.00. The lowest BCUT2D eigenvalue weighted by Crippen LogP contribution is -2.51. The average molecular weight is 273 g/mol. The van der Waals surface area contributed by atoms with Gasteiger partial charge in [-0.1, -0.05) is 0 Å². The highest BCUT2D eigenvalue weighted by atomic mass is 16.4. The van der Waals surface area contributed by atoms with Crippen molar-refractivity contribution in [2.24, 2.45) is 0 Å². The number of aliphatic carboxylic acids is 1. The zero-order valence-electron chi connectivity index (χ0n) is 11.5. The second-order valence-corrected chi connectivity index (χ2v) is 5.31. The quantitative estimate of drug-likeness (QED) is 0.528. The van der Waals surface area contributed by atoms with Crippen LogP contribution in [0.1, 0.15) is 26.7 Å². The Bertz CT molecular complexity index is 327. The molecule has 0 aromatic rings. The smallest absolute Gasteiger partial charge is 0.337 e. The van der Waals surface area contributed by atoms with Crippen LogP contribution in [0.3, 0.4) is 0 Å². The fourth-order valence-electron chi connectivity index (χ4n) is 2.00. The van der Waals surface area contributed by atoms with E-state index in [2.05, 4.69) is 15.5 Å². The van der Waals surface area contributed by atoms with Gasteiger partial charge in [-0.05, 0) is 39.8 Å². The maximum absolute atomic E-state index is 11.6. The molecule has 2 unspecified atom stereocenters. The van der Waals surface area contributed by atoms with Crippen molar-refractivity contribution in [1.82, 2.24) is 15.5 Å². The number of carboxylic acids is 1. The van der Waals surface area contributed by atoms with Crippen molar-refractivity contribution in [3.05, 3.63) is 0 Å². The van der Waals surface area contributed by atoms with Gasteiger partial charge in [0.25, 0.3) is 0 Å². The summed E-state index contributed by atoms with van der Waals surface area (Å²) < 4.78 is 0. The van der Waals surface area contributed by atoms with E-state index in [1.54, 1.807) is 0 Å². The molecule has 1 fully saturated rings. The maximum atomic E-state index is 11.6. The number of carboxylic acid groups (broad SMARTS) is 1. The summed E-state index contributed by atoms with van der Waals surface area (Å²) in [5, 5.41) is 23.2. The van der Waals surface area contributed by atoms with Gasteiger partial charge in [0.2, 0.25) is 0 Å². The molecule has 0 radical (unpaired) electrons. The van der Waals surface area contributed by atoms with E-state index in [1.165, 1.54) is 12.8 Å². The van der Waals surface area contributed by atoms with E-state index in [0.717, 1.165) is 26.6 Å².